The second-order valence-corrected chi connectivity index (χ2v) is 5.66. The zero-order chi connectivity index (χ0) is 10.4. The number of rotatable bonds is 6. The molecule has 0 aliphatic carbocycles. The van der Waals surface area contributed by atoms with Crippen molar-refractivity contribution >= 4 is 27.8 Å². The van der Waals surface area contributed by atoms with Gasteiger partial charge in [-0.05, 0) is 24.4 Å². The van der Waals surface area contributed by atoms with Crippen molar-refractivity contribution in [3.63, 3.8) is 0 Å². The van der Waals surface area contributed by atoms with Gasteiger partial charge in [0.05, 0.1) is 0 Å². The number of nitrogens with one attached hydrogen (secondary N) is 1. The Bertz CT molecular complexity index is 299. The molecule has 0 radical (unpaired) electrons. The first kappa shape index (κ1) is 11.7. The van der Waals surface area contributed by atoms with Crippen LogP contribution >= 0.6 is 11.3 Å². The third kappa shape index (κ3) is 4.21. The van der Waals surface area contributed by atoms with Crippen molar-refractivity contribution in [3.8, 4) is 0 Å². The molecule has 1 unspecified atom stereocenters. The van der Waals surface area contributed by atoms with Gasteiger partial charge >= 0.3 is 0 Å². The number of thiophene rings is 1. The predicted octanol–water partition coefficient (Wildman–Crippen LogP) is 1.19. The van der Waals surface area contributed by atoms with Crippen LogP contribution in [-0.2, 0) is 17.3 Å². The van der Waals surface area contributed by atoms with E-state index in [0.717, 1.165) is 31.0 Å². The van der Waals surface area contributed by atoms with E-state index >= 15 is 0 Å². The summed E-state index contributed by atoms with van der Waals surface area (Å²) in [5.74, 6) is 0.771. The van der Waals surface area contributed by atoms with Crippen molar-refractivity contribution in [3.05, 3.63) is 16.3 Å². The van der Waals surface area contributed by atoms with Crippen molar-refractivity contribution in [1.29, 1.82) is 0 Å². The minimum absolute atomic E-state index is 0.672. The van der Waals surface area contributed by atoms with Crippen molar-refractivity contribution < 1.29 is 4.21 Å². The van der Waals surface area contributed by atoms with E-state index in [1.807, 2.05) is 11.4 Å². The second kappa shape index (κ2) is 6.16. The molecular formula is C9H16N2OS2. The van der Waals surface area contributed by atoms with Gasteiger partial charge in [-0.15, -0.1) is 11.3 Å². The summed E-state index contributed by atoms with van der Waals surface area (Å²) in [6, 6.07) is 1.92. The Morgan fingerprint density at radius 3 is 3.00 bits per heavy atom. The van der Waals surface area contributed by atoms with Gasteiger partial charge in [0, 0.05) is 39.9 Å². The van der Waals surface area contributed by atoms with Gasteiger partial charge in [-0.25, -0.2) is 0 Å². The van der Waals surface area contributed by atoms with Gasteiger partial charge in [-0.3, -0.25) is 4.21 Å². The molecule has 0 aromatic carbocycles. The largest absolute Gasteiger partial charge is 0.398 e. The van der Waals surface area contributed by atoms with Crippen LogP contribution in [0.15, 0.2) is 11.4 Å². The molecule has 0 amide bonds. The average Bonchev–Trinajstić information content (AvgIpc) is 2.51. The number of nitrogens with two attached hydrogens (primary N) is 1. The normalized spacial score (nSPS) is 12.9. The van der Waals surface area contributed by atoms with Crippen molar-refractivity contribution in [2.24, 2.45) is 0 Å². The number of hydrogen-bond acceptors (Lipinski definition) is 4. The lowest BCUT2D eigenvalue weighted by Crippen LogP contribution is -2.16. The Balaban J connectivity index is 2.10. The van der Waals surface area contributed by atoms with Gasteiger partial charge in [0.25, 0.3) is 0 Å². The average molecular weight is 232 g/mol. The minimum atomic E-state index is -0.672. The minimum Gasteiger partial charge on any atom is -0.398 e. The van der Waals surface area contributed by atoms with Crippen LogP contribution in [0.2, 0.25) is 0 Å². The molecule has 1 aromatic heterocycles. The standard InChI is InChI=1S/C9H16N2OS2/c1-14(12)6-2-4-11-7-9-8(10)3-5-13-9/h3,5,11H,2,4,6-7,10H2,1H3. The summed E-state index contributed by atoms with van der Waals surface area (Å²) >= 11 is 1.67. The Morgan fingerprint density at radius 2 is 2.43 bits per heavy atom. The van der Waals surface area contributed by atoms with Gasteiger partial charge in [0.15, 0.2) is 0 Å². The summed E-state index contributed by atoms with van der Waals surface area (Å²) in [6.07, 6.45) is 2.69. The molecule has 0 saturated heterocycles. The molecule has 0 fully saturated rings. The van der Waals surface area contributed by atoms with E-state index in [0.29, 0.717) is 0 Å². The lowest BCUT2D eigenvalue weighted by Gasteiger charge is -2.02. The summed E-state index contributed by atoms with van der Waals surface area (Å²) < 4.78 is 10.8. The van der Waals surface area contributed by atoms with Crippen LogP contribution in [0.3, 0.4) is 0 Å². The quantitative estimate of drug-likeness (QED) is 0.724. The van der Waals surface area contributed by atoms with E-state index in [1.54, 1.807) is 17.6 Å². The van der Waals surface area contributed by atoms with Gasteiger partial charge in [0.1, 0.15) is 0 Å². The molecule has 80 valence electrons. The predicted molar refractivity (Wildman–Crippen MR) is 64.0 cm³/mol. The fourth-order valence-electron chi connectivity index (χ4n) is 1.10. The van der Waals surface area contributed by atoms with Crippen LogP contribution in [0.5, 0.6) is 0 Å². The molecule has 1 heterocycles. The van der Waals surface area contributed by atoms with Gasteiger partial charge in [0.2, 0.25) is 0 Å². The Morgan fingerprint density at radius 1 is 1.64 bits per heavy atom. The number of anilines is 1. The van der Waals surface area contributed by atoms with Crippen LogP contribution in [0.1, 0.15) is 11.3 Å². The molecule has 14 heavy (non-hydrogen) atoms. The second-order valence-electron chi connectivity index (χ2n) is 3.11. The van der Waals surface area contributed by atoms with Crippen LogP contribution in [-0.4, -0.2) is 22.8 Å². The maximum Gasteiger partial charge on any atom is 0.0468 e. The van der Waals surface area contributed by atoms with Gasteiger partial charge in [-0.2, -0.15) is 0 Å². The maximum atomic E-state index is 10.8. The molecule has 1 atom stereocenters. The first-order chi connectivity index (χ1) is 6.70. The third-order valence-corrected chi connectivity index (χ3v) is 3.65. The fourth-order valence-corrected chi connectivity index (χ4v) is 2.42. The SMILES string of the molecule is CS(=O)CCCNCc1sccc1N. The monoisotopic (exact) mass is 232 g/mol. The van der Waals surface area contributed by atoms with E-state index in [-0.39, 0.29) is 0 Å². The molecule has 3 N–H and O–H groups in total. The van der Waals surface area contributed by atoms with Crippen molar-refractivity contribution in [2.75, 3.05) is 24.3 Å². The van der Waals surface area contributed by atoms with E-state index in [2.05, 4.69) is 5.32 Å². The lowest BCUT2D eigenvalue weighted by atomic mass is 10.4. The van der Waals surface area contributed by atoms with Crippen LogP contribution in [0, 0.1) is 0 Å². The van der Waals surface area contributed by atoms with Crippen LogP contribution in [0.4, 0.5) is 5.69 Å². The highest BCUT2D eigenvalue weighted by atomic mass is 32.2. The summed E-state index contributed by atoms with van der Waals surface area (Å²) in [5.41, 5.74) is 6.59. The molecule has 0 spiro atoms. The molecule has 1 rings (SSSR count). The lowest BCUT2D eigenvalue weighted by molar-refractivity contribution is 0.665. The van der Waals surface area contributed by atoms with E-state index in [1.165, 1.54) is 4.88 Å². The van der Waals surface area contributed by atoms with Gasteiger partial charge in [-0.1, -0.05) is 0 Å². The molecule has 1 aromatic rings. The summed E-state index contributed by atoms with van der Waals surface area (Å²) in [5, 5.41) is 5.27. The first-order valence-electron chi connectivity index (χ1n) is 4.52. The number of nitrogen functional groups attached to an aromatic ring is 1. The molecule has 0 aliphatic heterocycles. The first-order valence-corrected chi connectivity index (χ1v) is 7.13. The highest BCUT2D eigenvalue weighted by molar-refractivity contribution is 7.84. The smallest absolute Gasteiger partial charge is 0.0468 e. The topological polar surface area (TPSA) is 55.1 Å². The Labute approximate surface area is 91.2 Å². The molecule has 0 saturated carbocycles. The van der Waals surface area contributed by atoms with Crippen LogP contribution in [0.25, 0.3) is 0 Å². The zero-order valence-electron chi connectivity index (χ0n) is 8.29. The molecule has 0 aliphatic rings. The van der Waals surface area contributed by atoms with Gasteiger partial charge < -0.3 is 11.1 Å². The van der Waals surface area contributed by atoms with Crippen molar-refractivity contribution in [2.45, 2.75) is 13.0 Å². The van der Waals surface area contributed by atoms with Crippen molar-refractivity contribution in [1.82, 2.24) is 5.32 Å². The molecule has 3 nitrogen and oxygen atoms in total. The highest BCUT2D eigenvalue weighted by Gasteiger charge is 1.99. The summed E-state index contributed by atoms with van der Waals surface area (Å²) in [6.45, 7) is 1.72. The highest BCUT2D eigenvalue weighted by Crippen LogP contribution is 2.17. The Kier molecular flexibility index (Phi) is 5.14. The summed E-state index contributed by atoms with van der Waals surface area (Å²) in [4.78, 5) is 1.18. The van der Waals surface area contributed by atoms with Crippen LogP contribution < -0.4 is 11.1 Å². The number of hydrogen-bond donors (Lipinski definition) is 2. The molecule has 5 heteroatoms. The van der Waals surface area contributed by atoms with E-state index in [9.17, 15) is 4.21 Å². The summed E-state index contributed by atoms with van der Waals surface area (Å²) in [7, 11) is -0.672. The zero-order valence-corrected chi connectivity index (χ0v) is 9.92. The molecule has 0 bridgehead atoms. The fraction of sp³-hybridized carbons (Fsp3) is 0.556. The third-order valence-electron chi connectivity index (χ3n) is 1.85. The Hall–Kier alpha value is -0.390. The van der Waals surface area contributed by atoms with E-state index < -0.39 is 10.8 Å². The van der Waals surface area contributed by atoms with E-state index in [4.69, 9.17) is 5.73 Å². The molecular weight excluding hydrogens is 216 g/mol. The maximum absolute atomic E-state index is 10.8.